The highest BCUT2D eigenvalue weighted by atomic mass is 19.1. The minimum absolute atomic E-state index is 0.0544. The Labute approximate surface area is 211 Å². The highest BCUT2D eigenvalue weighted by molar-refractivity contribution is 5.93. The summed E-state index contributed by atoms with van der Waals surface area (Å²) >= 11 is 0. The molecule has 2 aromatic rings. The van der Waals surface area contributed by atoms with Crippen LogP contribution in [0.2, 0.25) is 0 Å². The number of hydrogen-bond acceptors (Lipinski definition) is 7. The van der Waals surface area contributed by atoms with Crippen LogP contribution in [0.25, 0.3) is 0 Å². The van der Waals surface area contributed by atoms with Gasteiger partial charge in [0.15, 0.2) is 0 Å². The number of carbonyl (C=O) groups is 3. The van der Waals surface area contributed by atoms with Crippen LogP contribution < -0.4 is 9.80 Å². The summed E-state index contributed by atoms with van der Waals surface area (Å²) in [5, 5.41) is 0. The first-order valence-corrected chi connectivity index (χ1v) is 12.2. The third-order valence-electron chi connectivity index (χ3n) is 6.43. The van der Waals surface area contributed by atoms with E-state index in [0.717, 1.165) is 0 Å². The van der Waals surface area contributed by atoms with Gasteiger partial charge in [-0.15, -0.1) is 0 Å². The molecule has 1 saturated heterocycles. The molecule has 0 aliphatic carbocycles. The molecule has 0 bridgehead atoms. The second-order valence-electron chi connectivity index (χ2n) is 8.58. The molecule has 2 unspecified atom stereocenters. The van der Waals surface area contributed by atoms with Crippen LogP contribution in [0.1, 0.15) is 38.3 Å². The molecule has 2 atom stereocenters. The highest BCUT2D eigenvalue weighted by Crippen LogP contribution is 2.32. The van der Waals surface area contributed by atoms with E-state index in [9.17, 15) is 14.4 Å². The number of methoxy groups -OCH3 is 2. The average molecular weight is 500 g/mol. The summed E-state index contributed by atoms with van der Waals surface area (Å²) in [5.41, 5.74) is 1.51. The molecular formula is C27H34FN3O5. The number of rotatable bonds is 9. The molecule has 0 N–H and O–H groups in total. The summed E-state index contributed by atoms with van der Waals surface area (Å²) in [4.78, 5) is 43.1. The summed E-state index contributed by atoms with van der Waals surface area (Å²) in [6, 6.07) is 12.2. The van der Waals surface area contributed by atoms with Crippen molar-refractivity contribution < 1.29 is 28.2 Å². The van der Waals surface area contributed by atoms with Crippen molar-refractivity contribution in [1.29, 1.82) is 0 Å². The molecule has 1 amide bonds. The zero-order valence-corrected chi connectivity index (χ0v) is 21.3. The van der Waals surface area contributed by atoms with Crippen molar-refractivity contribution in [3.8, 4) is 0 Å². The second-order valence-corrected chi connectivity index (χ2v) is 8.58. The normalized spacial score (nSPS) is 16.8. The topological polar surface area (TPSA) is 79.4 Å². The fourth-order valence-corrected chi connectivity index (χ4v) is 4.65. The number of carbonyl (C=O) groups excluding carboxylic acids is 3. The number of nitrogens with zero attached hydrogens (tertiary/aromatic N) is 3. The van der Waals surface area contributed by atoms with Gasteiger partial charge < -0.3 is 19.3 Å². The van der Waals surface area contributed by atoms with Crippen LogP contribution in [0.5, 0.6) is 0 Å². The summed E-state index contributed by atoms with van der Waals surface area (Å²) < 4.78 is 25.4. The lowest BCUT2D eigenvalue weighted by atomic mass is 10.0. The lowest BCUT2D eigenvalue weighted by Crippen LogP contribution is -2.59. The molecule has 3 rings (SSSR count). The molecule has 1 fully saturated rings. The van der Waals surface area contributed by atoms with Crippen molar-refractivity contribution >= 4 is 29.2 Å². The Morgan fingerprint density at radius 1 is 1.06 bits per heavy atom. The van der Waals surface area contributed by atoms with E-state index in [2.05, 4.69) is 0 Å². The maximum absolute atomic E-state index is 15.3. The van der Waals surface area contributed by atoms with E-state index >= 15 is 4.39 Å². The molecule has 1 aliphatic heterocycles. The van der Waals surface area contributed by atoms with Crippen molar-refractivity contribution in [2.75, 3.05) is 50.2 Å². The van der Waals surface area contributed by atoms with Crippen molar-refractivity contribution in [1.82, 2.24) is 4.90 Å². The monoisotopic (exact) mass is 499 g/mol. The van der Waals surface area contributed by atoms with E-state index in [4.69, 9.17) is 9.47 Å². The van der Waals surface area contributed by atoms with Gasteiger partial charge in [-0.1, -0.05) is 37.3 Å². The molecule has 1 aliphatic rings. The predicted octanol–water partition coefficient (Wildman–Crippen LogP) is 3.56. The summed E-state index contributed by atoms with van der Waals surface area (Å²) in [6.07, 6.45) is 1.10. The molecule has 9 heteroatoms. The number of ether oxygens (including phenoxy) is 2. The van der Waals surface area contributed by atoms with Crippen LogP contribution >= 0.6 is 0 Å². The lowest BCUT2D eigenvalue weighted by Gasteiger charge is -2.43. The molecule has 0 radical (unpaired) electrons. The van der Waals surface area contributed by atoms with Crippen LogP contribution in [0.3, 0.4) is 0 Å². The van der Waals surface area contributed by atoms with Gasteiger partial charge >= 0.3 is 11.9 Å². The van der Waals surface area contributed by atoms with Gasteiger partial charge in [0.05, 0.1) is 19.9 Å². The molecule has 8 nitrogen and oxygen atoms in total. The molecular weight excluding hydrogens is 465 g/mol. The van der Waals surface area contributed by atoms with E-state index in [1.54, 1.807) is 39.0 Å². The smallest absolute Gasteiger partial charge is 0.327 e. The van der Waals surface area contributed by atoms with Gasteiger partial charge in [-0.05, 0) is 37.1 Å². The number of esters is 2. The highest BCUT2D eigenvalue weighted by Gasteiger charge is 2.41. The van der Waals surface area contributed by atoms with E-state index in [0.29, 0.717) is 49.4 Å². The number of amides is 1. The van der Waals surface area contributed by atoms with Crippen LogP contribution in [-0.2, 0) is 23.9 Å². The van der Waals surface area contributed by atoms with Gasteiger partial charge in [0, 0.05) is 38.3 Å². The van der Waals surface area contributed by atoms with Gasteiger partial charge in [0.1, 0.15) is 17.9 Å². The average Bonchev–Trinajstić information content (AvgIpc) is 2.89. The fraction of sp³-hybridized carbons (Fsp3) is 0.444. The van der Waals surface area contributed by atoms with E-state index < -0.39 is 29.8 Å². The zero-order valence-electron chi connectivity index (χ0n) is 21.3. The Balaban J connectivity index is 1.89. The lowest BCUT2D eigenvalue weighted by molar-refractivity contribution is -0.155. The van der Waals surface area contributed by atoms with Crippen LogP contribution in [0.15, 0.2) is 48.5 Å². The third-order valence-corrected chi connectivity index (χ3v) is 6.43. The molecule has 0 spiro atoms. The quantitative estimate of drug-likeness (QED) is 0.488. The summed E-state index contributed by atoms with van der Waals surface area (Å²) in [7, 11) is 2.60. The standard InChI is InChI=1S/C27H34FN3O5/c1-5-10-24(32)30(6-2)20-13-14-22(21(28)17-20)29-15-16-31(23(18-29)26(33)35-3)25(27(34)36-4)19-11-8-7-9-12-19/h7-9,11-14,17,23,25H,5-6,10,15-16,18H2,1-4H3. The number of anilines is 2. The van der Waals surface area contributed by atoms with E-state index in [1.807, 2.05) is 32.0 Å². The van der Waals surface area contributed by atoms with Crippen molar-refractivity contribution in [2.24, 2.45) is 0 Å². The Kier molecular flexibility index (Phi) is 9.41. The second kappa shape index (κ2) is 12.5. The van der Waals surface area contributed by atoms with Gasteiger partial charge in [-0.2, -0.15) is 0 Å². The molecule has 1 heterocycles. The van der Waals surface area contributed by atoms with Crippen molar-refractivity contribution in [2.45, 2.75) is 38.8 Å². The first-order chi connectivity index (χ1) is 17.4. The largest absolute Gasteiger partial charge is 0.468 e. The zero-order chi connectivity index (χ0) is 26.2. The molecule has 2 aromatic carbocycles. The van der Waals surface area contributed by atoms with Crippen molar-refractivity contribution in [3.63, 3.8) is 0 Å². The van der Waals surface area contributed by atoms with Crippen molar-refractivity contribution in [3.05, 3.63) is 59.9 Å². The predicted molar refractivity (Wildman–Crippen MR) is 135 cm³/mol. The van der Waals surface area contributed by atoms with Gasteiger partial charge in [-0.25, -0.2) is 9.18 Å². The molecule has 36 heavy (non-hydrogen) atoms. The SMILES string of the molecule is CCCC(=O)N(CC)c1ccc(N2CCN(C(C(=O)OC)c3ccccc3)C(C(=O)OC)C2)c(F)c1. The minimum Gasteiger partial charge on any atom is -0.468 e. The molecule has 194 valence electrons. The summed E-state index contributed by atoms with van der Waals surface area (Å²) in [5.74, 6) is -1.56. The number of piperazine rings is 1. The third kappa shape index (κ3) is 5.84. The van der Waals surface area contributed by atoms with Crippen LogP contribution in [0, 0.1) is 5.82 Å². The van der Waals surface area contributed by atoms with Gasteiger partial charge in [-0.3, -0.25) is 14.5 Å². The van der Waals surface area contributed by atoms with E-state index in [-0.39, 0.29) is 12.5 Å². The Bertz CT molecular complexity index is 1060. The van der Waals surface area contributed by atoms with Gasteiger partial charge in [0.2, 0.25) is 5.91 Å². The number of hydrogen-bond donors (Lipinski definition) is 0. The number of benzene rings is 2. The maximum atomic E-state index is 15.3. The Morgan fingerprint density at radius 3 is 2.36 bits per heavy atom. The molecule has 0 saturated carbocycles. The first-order valence-electron chi connectivity index (χ1n) is 12.2. The van der Waals surface area contributed by atoms with E-state index in [1.165, 1.54) is 20.3 Å². The first kappa shape index (κ1) is 27.1. The minimum atomic E-state index is -0.828. The molecule has 0 aromatic heterocycles. The Morgan fingerprint density at radius 2 is 1.78 bits per heavy atom. The van der Waals surface area contributed by atoms with Crippen LogP contribution in [0.4, 0.5) is 15.8 Å². The fourth-order valence-electron chi connectivity index (χ4n) is 4.65. The maximum Gasteiger partial charge on any atom is 0.327 e. The van der Waals surface area contributed by atoms with Crippen LogP contribution in [-0.4, -0.2) is 69.2 Å². The summed E-state index contributed by atoms with van der Waals surface area (Å²) in [6.45, 7) is 5.01. The number of halogens is 1. The van der Waals surface area contributed by atoms with Gasteiger partial charge in [0.25, 0.3) is 0 Å². The Hall–Kier alpha value is -3.46.